The first-order chi connectivity index (χ1) is 19.0. The van der Waals surface area contributed by atoms with Crippen LogP contribution in [-0.2, 0) is 17.8 Å². The predicted octanol–water partition coefficient (Wildman–Crippen LogP) is 9.04. The highest BCUT2D eigenvalue weighted by atomic mass is 35.5. The van der Waals surface area contributed by atoms with Gasteiger partial charge in [0, 0.05) is 23.0 Å². The van der Waals surface area contributed by atoms with E-state index >= 15 is 0 Å². The number of ether oxygens (including phenoxy) is 1. The van der Waals surface area contributed by atoms with Gasteiger partial charge in [-0.3, -0.25) is 0 Å². The number of aromatic nitrogens is 2. The SMILES string of the molecule is CCc1cccc(Cl)c1-c1noc(C2CC2)c1COC1CC(C)C(c2nc3ccc(C#N)cc3s2)C(CC)C1. The Bertz CT molecular complexity index is 1530. The summed E-state index contributed by atoms with van der Waals surface area (Å²) in [6.07, 6.45) is 6.42. The third-order valence-electron chi connectivity index (χ3n) is 8.61. The zero-order chi connectivity index (χ0) is 27.1. The summed E-state index contributed by atoms with van der Waals surface area (Å²) in [6.45, 7) is 7.26. The number of hydrogen-bond acceptors (Lipinski definition) is 6. The molecule has 2 saturated carbocycles. The molecule has 2 aromatic carbocycles. The monoisotopic (exact) mass is 559 g/mol. The molecule has 2 heterocycles. The molecule has 4 aromatic rings. The minimum absolute atomic E-state index is 0.174. The van der Waals surface area contributed by atoms with Gasteiger partial charge in [0.15, 0.2) is 0 Å². The molecule has 0 amide bonds. The van der Waals surface area contributed by atoms with Crippen molar-refractivity contribution in [1.29, 1.82) is 5.26 Å². The summed E-state index contributed by atoms with van der Waals surface area (Å²) >= 11 is 8.45. The largest absolute Gasteiger partial charge is 0.373 e. The lowest BCUT2D eigenvalue weighted by atomic mass is 9.71. The van der Waals surface area contributed by atoms with Crippen molar-refractivity contribution in [2.75, 3.05) is 0 Å². The Morgan fingerprint density at radius 1 is 1.18 bits per heavy atom. The standard InChI is InChI=1S/C32H34ClN3O2S/c1-4-20-7-6-8-25(33)29(20)30-24(31(38-36-30)22-10-11-22)17-37-23-13-18(3)28(21(5-2)15-23)32-35-26-12-9-19(16-34)14-27(26)39-32/h6-9,12,14,18,21-23,28H,4-5,10-11,13,15,17H2,1-3H3. The summed E-state index contributed by atoms with van der Waals surface area (Å²) < 4.78 is 13.7. The normalized spacial score (nSPS) is 23.3. The third-order valence-corrected chi connectivity index (χ3v) is 10.0. The highest BCUT2D eigenvalue weighted by Gasteiger charge is 2.39. The number of thiazole rings is 1. The summed E-state index contributed by atoms with van der Waals surface area (Å²) in [6, 6.07) is 14.1. The summed E-state index contributed by atoms with van der Waals surface area (Å²) in [5, 5.41) is 15.8. The number of fused-ring (bicyclic) bond motifs is 1. The molecule has 0 radical (unpaired) electrons. The van der Waals surface area contributed by atoms with Gasteiger partial charge in [-0.1, -0.05) is 56.1 Å². The number of halogens is 1. The van der Waals surface area contributed by atoms with Crippen molar-refractivity contribution >= 4 is 33.2 Å². The van der Waals surface area contributed by atoms with E-state index in [1.165, 1.54) is 10.6 Å². The summed E-state index contributed by atoms with van der Waals surface area (Å²) in [5.41, 5.74) is 5.76. The van der Waals surface area contributed by atoms with Crippen LogP contribution in [0.15, 0.2) is 40.9 Å². The van der Waals surface area contributed by atoms with Crippen molar-refractivity contribution in [3.8, 4) is 17.3 Å². The first kappa shape index (κ1) is 26.5. The van der Waals surface area contributed by atoms with Crippen LogP contribution < -0.4 is 0 Å². The Morgan fingerprint density at radius 2 is 2.03 bits per heavy atom. The smallest absolute Gasteiger partial charge is 0.145 e. The average Bonchev–Trinajstić information content (AvgIpc) is 3.57. The number of aryl methyl sites for hydroxylation is 1. The summed E-state index contributed by atoms with van der Waals surface area (Å²) in [4.78, 5) is 5.01. The van der Waals surface area contributed by atoms with E-state index in [9.17, 15) is 5.26 Å². The molecule has 0 bridgehead atoms. The van der Waals surface area contributed by atoms with Crippen LogP contribution in [0.1, 0.15) is 92.2 Å². The van der Waals surface area contributed by atoms with E-state index in [1.54, 1.807) is 11.3 Å². The van der Waals surface area contributed by atoms with Gasteiger partial charge in [-0.25, -0.2) is 4.98 Å². The molecule has 0 saturated heterocycles. The van der Waals surface area contributed by atoms with Gasteiger partial charge < -0.3 is 9.26 Å². The first-order valence-electron chi connectivity index (χ1n) is 14.2. The molecular formula is C32H34ClN3O2S. The molecule has 2 aliphatic carbocycles. The number of nitriles is 1. The maximum atomic E-state index is 9.30. The van der Waals surface area contributed by atoms with Gasteiger partial charge in [-0.15, -0.1) is 11.3 Å². The molecule has 0 spiro atoms. The molecule has 7 heteroatoms. The van der Waals surface area contributed by atoms with Crippen molar-refractivity contribution < 1.29 is 9.26 Å². The van der Waals surface area contributed by atoms with Gasteiger partial charge in [0.2, 0.25) is 0 Å². The molecule has 5 nitrogen and oxygen atoms in total. The maximum absolute atomic E-state index is 9.30. The molecule has 0 aliphatic heterocycles. The molecule has 4 atom stereocenters. The lowest BCUT2D eigenvalue weighted by Gasteiger charge is -2.39. The Balaban J connectivity index is 1.23. The van der Waals surface area contributed by atoms with Crippen molar-refractivity contribution in [3.63, 3.8) is 0 Å². The quantitative estimate of drug-likeness (QED) is 0.215. The summed E-state index contributed by atoms with van der Waals surface area (Å²) in [5.74, 6) is 2.77. The molecule has 4 unspecified atom stereocenters. The maximum Gasteiger partial charge on any atom is 0.145 e. The second kappa shape index (κ2) is 11.0. The average molecular weight is 560 g/mol. The van der Waals surface area contributed by atoms with Crippen LogP contribution in [0.2, 0.25) is 5.02 Å². The van der Waals surface area contributed by atoms with Crippen LogP contribution in [0.3, 0.4) is 0 Å². The Labute approximate surface area is 239 Å². The zero-order valence-corrected chi connectivity index (χ0v) is 24.3. The second-order valence-electron chi connectivity index (χ2n) is 11.2. The van der Waals surface area contributed by atoms with Crippen molar-refractivity contribution in [2.45, 2.75) is 83.8 Å². The minimum Gasteiger partial charge on any atom is -0.373 e. The van der Waals surface area contributed by atoms with E-state index in [-0.39, 0.29) is 6.10 Å². The molecule has 202 valence electrons. The Hall–Kier alpha value is -2.72. The van der Waals surface area contributed by atoms with E-state index in [0.717, 1.165) is 71.3 Å². The van der Waals surface area contributed by atoms with Gasteiger partial charge in [0.25, 0.3) is 0 Å². The second-order valence-corrected chi connectivity index (χ2v) is 12.7. The van der Waals surface area contributed by atoms with Crippen molar-refractivity contribution in [1.82, 2.24) is 10.1 Å². The fourth-order valence-electron chi connectivity index (χ4n) is 6.42. The third kappa shape index (κ3) is 5.13. The Kier molecular flexibility index (Phi) is 7.50. The highest BCUT2D eigenvalue weighted by molar-refractivity contribution is 7.18. The van der Waals surface area contributed by atoms with E-state index < -0.39 is 0 Å². The van der Waals surface area contributed by atoms with Crippen LogP contribution >= 0.6 is 22.9 Å². The topological polar surface area (TPSA) is 71.9 Å². The van der Waals surface area contributed by atoms with Gasteiger partial charge >= 0.3 is 0 Å². The number of benzene rings is 2. The molecule has 2 aromatic heterocycles. The fourth-order valence-corrected chi connectivity index (χ4v) is 8.03. The van der Waals surface area contributed by atoms with Crippen LogP contribution in [-0.4, -0.2) is 16.2 Å². The van der Waals surface area contributed by atoms with Gasteiger partial charge in [0.1, 0.15) is 11.5 Å². The lowest BCUT2D eigenvalue weighted by molar-refractivity contribution is -0.0205. The van der Waals surface area contributed by atoms with Gasteiger partial charge in [-0.05, 0) is 73.8 Å². The zero-order valence-electron chi connectivity index (χ0n) is 22.7. The molecular weight excluding hydrogens is 526 g/mol. The van der Waals surface area contributed by atoms with Crippen LogP contribution in [0, 0.1) is 23.2 Å². The van der Waals surface area contributed by atoms with Gasteiger partial charge in [0.05, 0.1) is 44.6 Å². The van der Waals surface area contributed by atoms with Crippen molar-refractivity contribution in [3.05, 3.63) is 68.9 Å². The molecule has 6 rings (SSSR count). The predicted molar refractivity (Wildman–Crippen MR) is 156 cm³/mol. The van der Waals surface area contributed by atoms with Gasteiger partial charge in [-0.2, -0.15) is 5.26 Å². The lowest BCUT2D eigenvalue weighted by Crippen LogP contribution is -2.33. The van der Waals surface area contributed by atoms with E-state index in [1.807, 2.05) is 30.3 Å². The number of nitrogens with zero attached hydrogens (tertiary/aromatic N) is 3. The molecule has 2 fully saturated rings. The molecule has 39 heavy (non-hydrogen) atoms. The van der Waals surface area contributed by atoms with E-state index in [0.29, 0.717) is 40.9 Å². The Morgan fingerprint density at radius 3 is 2.77 bits per heavy atom. The van der Waals surface area contributed by atoms with Crippen LogP contribution in [0.4, 0.5) is 0 Å². The van der Waals surface area contributed by atoms with Crippen molar-refractivity contribution in [2.24, 2.45) is 11.8 Å². The van der Waals surface area contributed by atoms with E-state index in [2.05, 4.69) is 38.1 Å². The fraction of sp³-hybridized carbons (Fsp3) is 0.469. The molecule has 2 aliphatic rings. The molecule has 0 N–H and O–H groups in total. The highest BCUT2D eigenvalue weighted by Crippen LogP contribution is 2.48. The number of hydrogen-bond donors (Lipinski definition) is 0. The minimum atomic E-state index is 0.174. The van der Waals surface area contributed by atoms with E-state index in [4.69, 9.17) is 25.8 Å². The first-order valence-corrected chi connectivity index (χ1v) is 15.4. The van der Waals surface area contributed by atoms with Crippen LogP contribution in [0.25, 0.3) is 21.5 Å². The summed E-state index contributed by atoms with van der Waals surface area (Å²) in [7, 11) is 0. The number of rotatable bonds is 8. The van der Waals surface area contributed by atoms with Crippen LogP contribution in [0.5, 0.6) is 0 Å².